The predicted octanol–water partition coefficient (Wildman–Crippen LogP) is 5.20. The minimum Gasteiger partial charge on any atom is -0.341 e. The average molecular weight is 357 g/mol. The van der Waals surface area contributed by atoms with Gasteiger partial charge in [-0.2, -0.15) is 15.0 Å². The summed E-state index contributed by atoms with van der Waals surface area (Å²) in [6.07, 6.45) is 12.7. The van der Waals surface area contributed by atoms with Crippen LogP contribution in [-0.2, 0) is 0 Å². The summed E-state index contributed by atoms with van der Waals surface area (Å²) in [5.41, 5.74) is 0. The molecule has 0 aliphatic heterocycles. The van der Waals surface area contributed by atoms with Gasteiger partial charge in [-0.05, 0) is 12.8 Å². The Morgan fingerprint density at radius 2 is 1.09 bits per heavy atom. The van der Waals surface area contributed by atoms with Gasteiger partial charge in [-0.15, -0.1) is 25.3 Å². The second kappa shape index (κ2) is 12.9. The van der Waals surface area contributed by atoms with Gasteiger partial charge >= 0.3 is 0 Å². The summed E-state index contributed by atoms with van der Waals surface area (Å²) in [7, 11) is 0. The van der Waals surface area contributed by atoms with Gasteiger partial charge in [-0.25, -0.2) is 0 Å². The van der Waals surface area contributed by atoms with Gasteiger partial charge in [-0.3, -0.25) is 0 Å². The molecule has 0 fully saturated rings. The molecule has 1 heterocycles. The molecular formula is C17H32N4S2. The van der Waals surface area contributed by atoms with Crippen LogP contribution in [0.5, 0.6) is 0 Å². The molecule has 0 atom stereocenters. The number of hydrogen-bond donors (Lipinski definition) is 2. The molecule has 0 aromatic carbocycles. The van der Waals surface area contributed by atoms with Gasteiger partial charge in [0.15, 0.2) is 10.3 Å². The molecule has 0 N–H and O–H groups in total. The van der Waals surface area contributed by atoms with Crippen molar-refractivity contribution in [2.75, 3.05) is 18.0 Å². The van der Waals surface area contributed by atoms with Gasteiger partial charge in [0.2, 0.25) is 5.95 Å². The van der Waals surface area contributed by atoms with Crippen LogP contribution in [0.3, 0.4) is 0 Å². The topological polar surface area (TPSA) is 41.9 Å². The Kier molecular flexibility index (Phi) is 11.5. The van der Waals surface area contributed by atoms with Crippen molar-refractivity contribution in [3.63, 3.8) is 0 Å². The molecular weight excluding hydrogens is 324 g/mol. The molecule has 1 aromatic heterocycles. The maximum atomic E-state index is 4.38. The van der Waals surface area contributed by atoms with E-state index in [2.05, 4.69) is 59.0 Å². The van der Waals surface area contributed by atoms with Crippen LogP contribution >= 0.6 is 25.3 Å². The first-order chi connectivity index (χ1) is 11.2. The number of hydrogen-bond acceptors (Lipinski definition) is 6. The van der Waals surface area contributed by atoms with Gasteiger partial charge in [0, 0.05) is 13.1 Å². The van der Waals surface area contributed by atoms with E-state index >= 15 is 0 Å². The van der Waals surface area contributed by atoms with E-state index in [9.17, 15) is 0 Å². The van der Waals surface area contributed by atoms with Crippen LogP contribution in [0.2, 0.25) is 0 Å². The molecule has 4 nitrogen and oxygen atoms in total. The Morgan fingerprint density at radius 3 is 1.52 bits per heavy atom. The molecule has 0 amide bonds. The highest BCUT2D eigenvalue weighted by molar-refractivity contribution is 7.80. The molecule has 23 heavy (non-hydrogen) atoms. The van der Waals surface area contributed by atoms with E-state index in [-0.39, 0.29) is 0 Å². The molecule has 132 valence electrons. The zero-order valence-electron chi connectivity index (χ0n) is 14.7. The lowest BCUT2D eigenvalue weighted by molar-refractivity contribution is 0.578. The Bertz CT molecular complexity index is 395. The van der Waals surface area contributed by atoms with E-state index in [1.54, 1.807) is 0 Å². The third kappa shape index (κ3) is 9.40. The SMILES string of the molecule is CCCCCCCN(CCCCCCC)c1nc(S)nc(S)n1. The molecule has 1 rings (SSSR count). The molecule has 0 saturated heterocycles. The van der Waals surface area contributed by atoms with Crippen LogP contribution in [0.1, 0.15) is 78.1 Å². The van der Waals surface area contributed by atoms with Gasteiger partial charge in [0.25, 0.3) is 0 Å². The second-order valence-corrected chi connectivity index (χ2v) is 6.85. The van der Waals surface area contributed by atoms with Crippen LogP contribution in [0.4, 0.5) is 5.95 Å². The summed E-state index contributed by atoms with van der Waals surface area (Å²) in [6, 6.07) is 0. The van der Waals surface area contributed by atoms with E-state index in [4.69, 9.17) is 0 Å². The van der Waals surface area contributed by atoms with Crippen LogP contribution in [0, 0.1) is 0 Å². The summed E-state index contributed by atoms with van der Waals surface area (Å²) in [5, 5.41) is 0.893. The fourth-order valence-electron chi connectivity index (χ4n) is 2.61. The van der Waals surface area contributed by atoms with Crippen LogP contribution in [0.15, 0.2) is 10.3 Å². The van der Waals surface area contributed by atoms with Crippen LogP contribution in [-0.4, -0.2) is 28.0 Å². The third-order valence-corrected chi connectivity index (χ3v) is 4.35. The van der Waals surface area contributed by atoms with Crippen molar-refractivity contribution in [1.82, 2.24) is 15.0 Å². The van der Waals surface area contributed by atoms with Crippen molar-refractivity contribution in [3.05, 3.63) is 0 Å². The third-order valence-electron chi connectivity index (χ3n) is 3.95. The van der Waals surface area contributed by atoms with E-state index < -0.39 is 0 Å². The Balaban J connectivity index is 2.52. The number of anilines is 1. The zero-order valence-corrected chi connectivity index (χ0v) is 16.5. The van der Waals surface area contributed by atoms with Crippen molar-refractivity contribution in [1.29, 1.82) is 0 Å². The van der Waals surface area contributed by atoms with E-state index in [0.29, 0.717) is 10.3 Å². The largest absolute Gasteiger partial charge is 0.341 e. The van der Waals surface area contributed by atoms with Crippen molar-refractivity contribution in [2.24, 2.45) is 0 Å². The Hall–Kier alpha value is -0.490. The normalized spacial score (nSPS) is 11.0. The summed E-state index contributed by atoms with van der Waals surface area (Å²) < 4.78 is 0. The first-order valence-electron chi connectivity index (χ1n) is 9.06. The minimum atomic E-state index is 0.446. The number of rotatable bonds is 13. The molecule has 1 aromatic rings. The lowest BCUT2D eigenvalue weighted by Crippen LogP contribution is -2.28. The fraction of sp³-hybridized carbons (Fsp3) is 0.824. The van der Waals surface area contributed by atoms with Crippen molar-refractivity contribution >= 4 is 31.2 Å². The Labute approximate surface area is 152 Å². The van der Waals surface area contributed by atoms with Crippen LogP contribution in [0.25, 0.3) is 0 Å². The van der Waals surface area contributed by atoms with Crippen molar-refractivity contribution in [2.45, 2.75) is 88.4 Å². The molecule has 0 aliphatic carbocycles. The monoisotopic (exact) mass is 356 g/mol. The lowest BCUT2D eigenvalue weighted by Gasteiger charge is -2.23. The number of unbranched alkanes of at least 4 members (excludes halogenated alkanes) is 8. The van der Waals surface area contributed by atoms with Gasteiger partial charge < -0.3 is 4.90 Å². The highest BCUT2D eigenvalue weighted by Crippen LogP contribution is 2.15. The van der Waals surface area contributed by atoms with E-state index in [1.165, 1.54) is 64.2 Å². The smallest absolute Gasteiger partial charge is 0.230 e. The highest BCUT2D eigenvalue weighted by Gasteiger charge is 2.11. The molecule has 0 spiro atoms. The second-order valence-electron chi connectivity index (χ2n) is 6.05. The minimum absolute atomic E-state index is 0.446. The van der Waals surface area contributed by atoms with Gasteiger partial charge in [0.1, 0.15) is 0 Å². The molecule has 0 radical (unpaired) electrons. The van der Waals surface area contributed by atoms with Crippen molar-refractivity contribution in [3.8, 4) is 0 Å². The molecule has 0 bridgehead atoms. The fourth-order valence-corrected chi connectivity index (χ4v) is 3.06. The quantitative estimate of drug-likeness (QED) is 0.377. The zero-order chi connectivity index (χ0) is 16.9. The maximum absolute atomic E-state index is 4.38. The standard InChI is InChI=1S/C17H32N4S2/c1-3-5-7-9-11-13-21(14-12-10-8-6-4-2)15-18-16(22)20-17(23)19-15/h3-14H2,1-2H3,(H2,18,19,20,22,23). The predicted molar refractivity (Wildman–Crippen MR) is 104 cm³/mol. The lowest BCUT2D eigenvalue weighted by atomic mass is 10.1. The van der Waals surface area contributed by atoms with Crippen LogP contribution < -0.4 is 4.90 Å². The first kappa shape index (κ1) is 20.6. The summed E-state index contributed by atoms with van der Waals surface area (Å²) >= 11 is 8.51. The number of thiol groups is 2. The van der Waals surface area contributed by atoms with Gasteiger partial charge in [-0.1, -0.05) is 65.2 Å². The average Bonchev–Trinajstić information content (AvgIpc) is 2.51. The number of nitrogens with zero attached hydrogens (tertiary/aromatic N) is 4. The maximum Gasteiger partial charge on any atom is 0.230 e. The van der Waals surface area contributed by atoms with Gasteiger partial charge in [0.05, 0.1) is 0 Å². The molecule has 0 saturated carbocycles. The molecule has 6 heteroatoms. The first-order valence-corrected chi connectivity index (χ1v) is 9.95. The number of aromatic nitrogens is 3. The summed E-state index contributed by atoms with van der Waals surface area (Å²) in [5.74, 6) is 0.723. The molecule has 0 unspecified atom stereocenters. The Morgan fingerprint density at radius 1 is 0.652 bits per heavy atom. The summed E-state index contributed by atoms with van der Waals surface area (Å²) in [4.78, 5) is 15.1. The van der Waals surface area contributed by atoms with Crippen molar-refractivity contribution < 1.29 is 0 Å². The highest BCUT2D eigenvalue weighted by atomic mass is 32.1. The summed E-state index contributed by atoms with van der Waals surface area (Å²) in [6.45, 7) is 6.50. The van der Waals surface area contributed by atoms with E-state index in [1.807, 2.05) is 0 Å². The van der Waals surface area contributed by atoms with E-state index in [0.717, 1.165) is 19.0 Å². The molecule has 0 aliphatic rings.